The number of carbonyl (C=O) groups is 1. The average molecular weight is 381 g/mol. The van der Waals surface area contributed by atoms with E-state index in [1.54, 1.807) is 11.1 Å². The lowest BCUT2D eigenvalue weighted by Gasteiger charge is -2.32. The molecule has 1 aliphatic rings. The van der Waals surface area contributed by atoms with E-state index in [9.17, 15) is 4.79 Å². The lowest BCUT2D eigenvalue weighted by Crippen LogP contribution is -2.43. The minimum absolute atomic E-state index is 0.00833. The van der Waals surface area contributed by atoms with Gasteiger partial charge in [0.1, 0.15) is 0 Å². The number of carbonyl (C=O) groups excluding carboxylic acids is 1. The van der Waals surface area contributed by atoms with E-state index in [-0.39, 0.29) is 11.3 Å². The smallest absolute Gasteiger partial charge is 0.253 e. The number of anilines is 1. The van der Waals surface area contributed by atoms with E-state index in [1.807, 2.05) is 25.2 Å². The number of amides is 1. The second-order valence-corrected chi connectivity index (χ2v) is 8.55. The minimum atomic E-state index is -0.00833. The number of benzene rings is 1. The molecule has 5 nitrogen and oxygen atoms in total. The quantitative estimate of drug-likeness (QED) is 0.866. The standard InChI is InChI=1S/C23H32N4O/c1-23(2,3)19-15-18(16-21(17-19)27-13-10-24-11-14-27)22(28)26(4)12-8-20-7-5-6-9-25-20/h5-7,9,15-17,24H,8,10-14H2,1-4H3. The van der Waals surface area contributed by atoms with Crippen molar-refractivity contribution in [2.24, 2.45) is 0 Å². The first-order valence-electron chi connectivity index (χ1n) is 10.1. The Kier molecular flexibility index (Phi) is 6.35. The summed E-state index contributed by atoms with van der Waals surface area (Å²) in [5.74, 6) is 0.0680. The van der Waals surface area contributed by atoms with Crippen molar-refractivity contribution in [1.82, 2.24) is 15.2 Å². The molecule has 1 aromatic heterocycles. The lowest BCUT2D eigenvalue weighted by molar-refractivity contribution is 0.0796. The zero-order valence-corrected chi connectivity index (χ0v) is 17.5. The van der Waals surface area contributed by atoms with Crippen LogP contribution in [0.4, 0.5) is 5.69 Å². The first kappa shape index (κ1) is 20.3. The van der Waals surface area contributed by atoms with Gasteiger partial charge in [-0.05, 0) is 41.3 Å². The van der Waals surface area contributed by atoms with Gasteiger partial charge in [-0.15, -0.1) is 0 Å². The van der Waals surface area contributed by atoms with Crippen LogP contribution in [0.1, 0.15) is 42.4 Å². The van der Waals surface area contributed by atoms with Crippen LogP contribution in [0.2, 0.25) is 0 Å². The van der Waals surface area contributed by atoms with Crippen LogP contribution in [-0.4, -0.2) is 55.6 Å². The highest BCUT2D eigenvalue weighted by Crippen LogP contribution is 2.29. The van der Waals surface area contributed by atoms with Gasteiger partial charge in [0.2, 0.25) is 0 Å². The maximum atomic E-state index is 13.2. The lowest BCUT2D eigenvalue weighted by atomic mass is 9.85. The SMILES string of the molecule is CN(CCc1ccccn1)C(=O)c1cc(N2CCNCC2)cc(C(C)(C)C)c1. The van der Waals surface area contributed by atoms with E-state index in [0.29, 0.717) is 6.54 Å². The second kappa shape index (κ2) is 8.74. The summed E-state index contributed by atoms with van der Waals surface area (Å²) in [6, 6.07) is 12.3. The van der Waals surface area contributed by atoms with E-state index in [1.165, 1.54) is 5.56 Å². The van der Waals surface area contributed by atoms with Crippen LogP contribution in [0.15, 0.2) is 42.6 Å². The van der Waals surface area contributed by atoms with Gasteiger partial charge in [-0.1, -0.05) is 26.8 Å². The molecule has 5 heteroatoms. The first-order chi connectivity index (χ1) is 13.3. The molecule has 0 bridgehead atoms. The van der Waals surface area contributed by atoms with E-state index in [2.05, 4.69) is 54.2 Å². The Hall–Kier alpha value is -2.40. The summed E-state index contributed by atoms with van der Waals surface area (Å²) in [4.78, 5) is 21.7. The molecule has 1 aromatic carbocycles. The Bertz CT molecular complexity index is 792. The maximum absolute atomic E-state index is 13.2. The van der Waals surface area contributed by atoms with Gasteiger partial charge in [0.25, 0.3) is 5.91 Å². The minimum Gasteiger partial charge on any atom is -0.369 e. The predicted molar refractivity (Wildman–Crippen MR) is 115 cm³/mol. The maximum Gasteiger partial charge on any atom is 0.253 e. The number of hydrogen-bond acceptors (Lipinski definition) is 4. The summed E-state index contributed by atoms with van der Waals surface area (Å²) in [5, 5.41) is 3.39. The molecule has 1 fully saturated rings. The predicted octanol–water partition coefficient (Wildman–Crippen LogP) is 3.10. The van der Waals surface area contributed by atoms with Crippen molar-refractivity contribution in [3.05, 3.63) is 59.4 Å². The summed E-state index contributed by atoms with van der Waals surface area (Å²) in [6.45, 7) is 11.1. The summed E-state index contributed by atoms with van der Waals surface area (Å²) in [7, 11) is 1.87. The zero-order chi connectivity index (χ0) is 20.1. The molecule has 0 aliphatic carbocycles. The van der Waals surface area contributed by atoms with Gasteiger partial charge in [0.15, 0.2) is 0 Å². The molecule has 1 aliphatic heterocycles. The van der Waals surface area contributed by atoms with Gasteiger partial charge in [0, 0.05) is 69.3 Å². The molecule has 0 spiro atoms. The van der Waals surface area contributed by atoms with Gasteiger partial charge in [-0.25, -0.2) is 0 Å². The van der Waals surface area contributed by atoms with Crippen LogP contribution in [0, 0.1) is 0 Å². The Morgan fingerprint density at radius 3 is 2.57 bits per heavy atom. The fourth-order valence-electron chi connectivity index (χ4n) is 3.42. The van der Waals surface area contributed by atoms with Crippen LogP contribution < -0.4 is 10.2 Å². The number of nitrogens with zero attached hydrogens (tertiary/aromatic N) is 3. The Morgan fingerprint density at radius 1 is 1.18 bits per heavy atom. The molecule has 0 saturated carbocycles. The molecule has 0 atom stereocenters. The highest BCUT2D eigenvalue weighted by molar-refractivity contribution is 5.95. The summed E-state index contributed by atoms with van der Waals surface area (Å²) in [5.41, 5.74) is 4.11. The number of likely N-dealkylation sites (N-methyl/N-ethyl adjacent to an activating group) is 1. The van der Waals surface area contributed by atoms with Crippen LogP contribution in [0.3, 0.4) is 0 Å². The molecule has 2 heterocycles. The normalized spacial score (nSPS) is 14.8. The number of nitrogens with one attached hydrogen (secondary N) is 1. The van der Waals surface area contributed by atoms with Crippen molar-refractivity contribution in [3.63, 3.8) is 0 Å². The fraction of sp³-hybridized carbons (Fsp3) is 0.478. The van der Waals surface area contributed by atoms with Gasteiger partial charge in [0.05, 0.1) is 0 Å². The molecule has 2 aromatic rings. The topological polar surface area (TPSA) is 48.5 Å². The van der Waals surface area contributed by atoms with Crippen molar-refractivity contribution in [2.45, 2.75) is 32.6 Å². The highest BCUT2D eigenvalue weighted by atomic mass is 16.2. The van der Waals surface area contributed by atoms with E-state index in [0.717, 1.165) is 49.5 Å². The number of hydrogen-bond donors (Lipinski definition) is 1. The Labute approximate surface area is 168 Å². The number of rotatable bonds is 5. The summed E-state index contributed by atoms with van der Waals surface area (Å²) < 4.78 is 0. The van der Waals surface area contributed by atoms with Crippen LogP contribution in [-0.2, 0) is 11.8 Å². The van der Waals surface area contributed by atoms with E-state index < -0.39 is 0 Å². The van der Waals surface area contributed by atoms with Crippen molar-refractivity contribution >= 4 is 11.6 Å². The van der Waals surface area contributed by atoms with Crippen LogP contribution >= 0.6 is 0 Å². The van der Waals surface area contributed by atoms with E-state index >= 15 is 0 Å². The molecule has 1 amide bonds. The molecule has 0 radical (unpaired) electrons. The second-order valence-electron chi connectivity index (χ2n) is 8.55. The number of piperazine rings is 1. The molecular weight excluding hydrogens is 348 g/mol. The van der Waals surface area contributed by atoms with Gasteiger partial charge >= 0.3 is 0 Å². The number of pyridine rings is 1. The van der Waals surface area contributed by atoms with Gasteiger partial charge in [-0.3, -0.25) is 9.78 Å². The van der Waals surface area contributed by atoms with Crippen molar-refractivity contribution in [2.75, 3.05) is 44.7 Å². The average Bonchev–Trinajstić information content (AvgIpc) is 2.72. The number of aromatic nitrogens is 1. The molecule has 150 valence electrons. The molecule has 0 unspecified atom stereocenters. The summed E-state index contributed by atoms with van der Waals surface area (Å²) >= 11 is 0. The van der Waals surface area contributed by atoms with Crippen molar-refractivity contribution in [1.29, 1.82) is 0 Å². The molecular formula is C23H32N4O. The van der Waals surface area contributed by atoms with Crippen molar-refractivity contribution in [3.8, 4) is 0 Å². The van der Waals surface area contributed by atoms with Crippen LogP contribution in [0.25, 0.3) is 0 Å². The van der Waals surface area contributed by atoms with E-state index in [4.69, 9.17) is 0 Å². The Morgan fingerprint density at radius 2 is 1.93 bits per heavy atom. The molecule has 1 saturated heterocycles. The Balaban J connectivity index is 1.81. The molecule has 3 rings (SSSR count). The van der Waals surface area contributed by atoms with Crippen LogP contribution in [0.5, 0.6) is 0 Å². The third-order valence-electron chi connectivity index (χ3n) is 5.29. The molecule has 1 N–H and O–H groups in total. The molecule has 28 heavy (non-hydrogen) atoms. The monoisotopic (exact) mass is 380 g/mol. The zero-order valence-electron chi connectivity index (χ0n) is 17.5. The third kappa shape index (κ3) is 5.10. The third-order valence-corrected chi connectivity index (χ3v) is 5.29. The summed E-state index contributed by atoms with van der Waals surface area (Å²) in [6.07, 6.45) is 2.55. The largest absolute Gasteiger partial charge is 0.369 e. The van der Waals surface area contributed by atoms with Gasteiger partial charge in [-0.2, -0.15) is 0 Å². The fourth-order valence-corrected chi connectivity index (χ4v) is 3.42. The van der Waals surface area contributed by atoms with Crippen molar-refractivity contribution < 1.29 is 4.79 Å². The first-order valence-corrected chi connectivity index (χ1v) is 10.1. The van der Waals surface area contributed by atoms with Gasteiger partial charge < -0.3 is 15.1 Å². The highest BCUT2D eigenvalue weighted by Gasteiger charge is 2.21.